The van der Waals surface area contributed by atoms with E-state index < -0.39 is 26.8 Å². The summed E-state index contributed by atoms with van der Waals surface area (Å²) in [7, 11) is -2.74. The summed E-state index contributed by atoms with van der Waals surface area (Å²) in [6.07, 6.45) is 0.606. The first kappa shape index (κ1) is 23.6. The molecule has 1 fully saturated rings. The molecule has 35 heavy (non-hydrogen) atoms. The van der Waals surface area contributed by atoms with Gasteiger partial charge in [0.25, 0.3) is 8.32 Å². The zero-order chi connectivity index (χ0) is 24.6. The maximum absolute atomic E-state index is 15.2. The number of aromatic nitrogens is 4. The molecule has 2 aromatic heterocycles. The number of fused-ring (bicyclic) bond motifs is 1. The molecule has 7 nitrogen and oxygen atoms in total. The van der Waals surface area contributed by atoms with E-state index in [1.807, 2.05) is 36.4 Å². The van der Waals surface area contributed by atoms with Crippen molar-refractivity contribution >= 4 is 35.7 Å². The molecule has 2 N–H and O–H groups in total. The minimum absolute atomic E-state index is 0.169. The molecule has 5 rings (SSSR count). The number of rotatable bonds is 6. The standard InChI is InChI=1S/C26H30FN5O2Si/c1-26(2,3)35(19-10-6-4-7-11-19,20-12-8-5-9-13-20)33-15-18-14-21(27)25(34-18)32-17-31-22-23(28)29-16-30-24(22)32/h4-13,16-18,21,25H,14-15H2,1-3H3,(H2,28,29,30)/t18-,21-,25+/m0/s1. The van der Waals surface area contributed by atoms with E-state index in [9.17, 15) is 0 Å². The highest BCUT2D eigenvalue weighted by Gasteiger charge is 2.51. The van der Waals surface area contributed by atoms with Gasteiger partial charge >= 0.3 is 0 Å². The van der Waals surface area contributed by atoms with Gasteiger partial charge in [0.2, 0.25) is 0 Å². The Morgan fingerprint density at radius 1 is 1.03 bits per heavy atom. The summed E-state index contributed by atoms with van der Waals surface area (Å²) in [5.41, 5.74) is 6.80. The van der Waals surface area contributed by atoms with Crippen molar-refractivity contribution in [1.82, 2.24) is 19.5 Å². The summed E-state index contributed by atoms with van der Waals surface area (Å²) in [4.78, 5) is 12.5. The Labute approximate surface area is 205 Å². The van der Waals surface area contributed by atoms with E-state index in [4.69, 9.17) is 14.9 Å². The van der Waals surface area contributed by atoms with E-state index in [2.05, 4.69) is 60.0 Å². The van der Waals surface area contributed by atoms with Crippen LogP contribution in [-0.2, 0) is 9.16 Å². The molecule has 1 aliphatic heterocycles. The Morgan fingerprint density at radius 2 is 1.66 bits per heavy atom. The molecule has 0 radical (unpaired) electrons. The Bertz CT molecular complexity index is 1260. The van der Waals surface area contributed by atoms with Crippen LogP contribution in [0.4, 0.5) is 10.2 Å². The molecular weight excluding hydrogens is 461 g/mol. The van der Waals surface area contributed by atoms with E-state index in [1.165, 1.54) is 23.0 Å². The maximum atomic E-state index is 15.2. The normalized spacial score (nSPS) is 21.0. The molecular formula is C26H30FN5O2Si. The second-order valence-corrected chi connectivity index (χ2v) is 14.3. The minimum Gasteiger partial charge on any atom is -0.405 e. The molecule has 3 atom stereocenters. The van der Waals surface area contributed by atoms with Gasteiger partial charge in [0.05, 0.1) is 19.0 Å². The van der Waals surface area contributed by atoms with Crippen molar-refractivity contribution in [2.45, 2.75) is 50.7 Å². The molecule has 0 amide bonds. The number of hydrogen-bond acceptors (Lipinski definition) is 6. The summed E-state index contributed by atoms with van der Waals surface area (Å²) in [6, 6.07) is 20.8. The number of anilines is 1. The number of imidazole rings is 1. The highest BCUT2D eigenvalue weighted by molar-refractivity contribution is 6.99. The van der Waals surface area contributed by atoms with Crippen molar-refractivity contribution in [2.75, 3.05) is 12.3 Å². The molecule has 3 heterocycles. The van der Waals surface area contributed by atoms with Crippen LogP contribution in [0.15, 0.2) is 73.3 Å². The summed E-state index contributed by atoms with van der Waals surface area (Å²) < 4.78 is 30.0. The van der Waals surface area contributed by atoms with E-state index in [-0.39, 0.29) is 23.9 Å². The van der Waals surface area contributed by atoms with Gasteiger partial charge in [-0.1, -0.05) is 81.4 Å². The van der Waals surface area contributed by atoms with Gasteiger partial charge in [0.15, 0.2) is 17.7 Å². The maximum Gasteiger partial charge on any atom is 0.261 e. The highest BCUT2D eigenvalue weighted by Crippen LogP contribution is 2.39. The third-order valence-corrected chi connectivity index (χ3v) is 11.7. The Morgan fingerprint density at radius 3 is 2.26 bits per heavy atom. The average Bonchev–Trinajstić information content (AvgIpc) is 3.44. The van der Waals surface area contributed by atoms with Gasteiger partial charge in [-0.25, -0.2) is 19.3 Å². The largest absolute Gasteiger partial charge is 0.405 e. The zero-order valence-corrected chi connectivity index (χ0v) is 21.1. The van der Waals surface area contributed by atoms with Crippen LogP contribution < -0.4 is 16.1 Å². The molecule has 2 aromatic carbocycles. The zero-order valence-electron chi connectivity index (χ0n) is 20.1. The van der Waals surface area contributed by atoms with Gasteiger partial charge in [-0.05, 0) is 15.4 Å². The Hall–Kier alpha value is -3.14. The summed E-state index contributed by atoms with van der Waals surface area (Å²) in [6.45, 7) is 6.94. The van der Waals surface area contributed by atoms with E-state index in [0.717, 1.165) is 0 Å². The number of nitrogens with two attached hydrogens (primary N) is 1. The van der Waals surface area contributed by atoms with Crippen molar-refractivity contribution in [2.24, 2.45) is 0 Å². The molecule has 4 aromatic rings. The van der Waals surface area contributed by atoms with Gasteiger partial charge in [0, 0.05) is 6.42 Å². The van der Waals surface area contributed by atoms with Crippen LogP contribution in [0.25, 0.3) is 11.2 Å². The molecule has 0 unspecified atom stereocenters. The van der Waals surface area contributed by atoms with Crippen molar-refractivity contribution in [1.29, 1.82) is 0 Å². The second-order valence-electron chi connectivity index (χ2n) is 9.96. The van der Waals surface area contributed by atoms with Gasteiger partial charge in [-0.3, -0.25) is 4.57 Å². The van der Waals surface area contributed by atoms with E-state index >= 15 is 4.39 Å². The van der Waals surface area contributed by atoms with Crippen LogP contribution in [0.5, 0.6) is 0 Å². The van der Waals surface area contributed by atoms with Gasteiger partial charge in [-0.2, -0.15) is 0 Å². The topological polar surface area (TPSA) is 88.1 Å². The van der Waals surface area contributed by atoms with Crippen LogP contribution in [0.2, 0.25) is 5.04 Å². The number of halogens is 1. The molecule has 0 bridgehead atoms. The predicted molar refractivity (Wildman–Crippen MR) is 137 cm³/mol. The van der Waals surface area contributed by atoms with Crippen molar-refractivity contribution in [3.05, 3.63) is 73.3 Å². The van der Waals surface area contributed by atoms with Gasteiger partial charge in [-0.15, -0.1) is 0 Å². The second kappa shape index (κ2) is 9.14. The number of hydrogen-bond donors (Lipinski definition) is 1. The summed E-state index contributed by atoms with van der Waals surface area (Å²) >= 11 is 0. The fraction of sp³-hybridized carbons (Fsp3) is 0.346. The van der Waals surface area contributed by atoms with Crippen LogP contribution in [0.3, 0.4) is 0 Å². The number of ether oxygens (including phenoxy) is 1. The van der Waals surface area contributed by atoms with Gasteiger partial charge < -0.3 is 14.9 Å². The van der Waals surface area contributed by atoms with Gasteiger partial charge in [0.1, 0.15) is 18.0 Å². The Kier molecular flexibility index (Phi) is 6.16. The van der Waals surface area contributed by atoms with Crippen LogP contribution in [0.1, 0.15) is 33.4 Å². The fourth-order valence-corrected chi connectivity index (χ4v) is 9.68. The SMILES string of the molecule is CC(C)(C)[Si](OC[C@@H]1C[C@H](F)[C@H](n2cnc3c(N)ncnc32)O1)(c1ccccc1)c1ccccc1. The third kappa shape index (κ3) is 4.13. The molecule has 9 heteroatoms. The molecule has 1 aliphatic rings. The van der Waals surface area contributed by atoms with Crippen molar-refractivity contribution < 1.29 is 13.6 Å². The highest BCUT2D eigenvalue weighted by atomic mass is 28.4. The number of benzene rings is 2. The smallest absolute Gasteiger partial charge is 0.261 e. The fourth-order valence-electron chi connectivity index (χ4n) is 5.09. The van der Waals surface area contributed by atoms with E-state index in [1.54, 1.807) is 4.57 Å². The van der Waals surface area contributed by atoms with Crippen LogP contribution in [0, 0.1) is 0 Å². The predicted octanol–water partition coefficient (Wildman–Crippen LogP) is 3.61. The molecule has 0 saturated carbocycles. The van der Waals surface area contributed by atoms with Crippen molar-refractivity contribution in [3.63, 3.8) is 0 Å². The van der Waals surface area contributed by atoms with Crippen LogP contribution >= 0.6 is 0 Å². The minimum atomic E-state index is -2.74. The molecule has 1 saturated heterocycles. The summed E-state index contributed by atoms with van der Waals surface area (Å²) in [5, 5.41) is 2.19. The first-order valence-electron chi connectivity index (χ1n) is 11.8. The van der Waals surface area contributed by atoms with Crippen LogP contribution in [-0.4, -0.2) is 46.7 Å². The third-order valence-electron chi connectivity index (χ3n) is 6.69. The Balaban J connectivity index is 1.44. The van der Waals surface area contributed by atoms with Crippen molar-refractivity contribution in [3.8, 4) is 0 Å². The monoisotopic (exact) mass is 491 g/mol. The lowest BCUT2D eigenvalue weighted by Crippen LogP contribution is -2.67. The summed E-state index contributed by atoms with van der Waals surface area (Å²) in [5.74, 6) is 0.258. The average molecular weight is 492 g/mol. The lowest BCUT2D eigenvalue weighted by molar-refractivity contribution is -0.0326. The number of alkyl halides is 1. The number of nitrogen functional groups attached to an aromatic ring is 1. The quantitative estimate of drug-likeness (QED) is 0.415. The van der Waals surface area contributed by atoms with E-state index in [0.29, 0.717) is 11.2 Å². The molecule has 182 valence electrons. The molecule has 0 spiro atoms. The first-order chi connectivity index (χ1) is 16.8. The first-order valence-corrected chi connectivity index (χ1v) is 13.7. The lowest BCUT2D eigenvalue weighted by Gasteiger charge is -2.43. The lowest BCUT2D eigenvalue weighted by atomic mass is 10.2. The molecule has 0 aliphatic carbocycles. The number of nitrogens with zero attached hydrogens (tertiary/aromatic N) is 4.